The molecule has 0 aromatic heterocycles. The van der Waals surface area contributed by atoms with Crippen LogP contribution in [0, 0.1) is 5.82 Å². The molecule has 1 atom stereocenters. The number of nitrogens with one attached hydrogen (secondary N) is 1. The topological polar surface area (TPSA) is 84.6 Å². The van der Waals surface area contributed by atoms with Crippen LogP contribution in [0.25, 0.3) is 0 Å². The number of primary amides is 1. The van der Waals surface area contributed by atoms with Gasteiger partial charge < -0.3 is 10.8 Å². The van der Waals surface area contributed by atoms with Crippen molar-refractivity contribution < 1.29 is 19.1 Å². The molecule has 0 saturated carbocycles. The minimum Gasteiger partial charge on any atom is -0.508 e. The fourth-order valence-corrected chi connectivity index (χ4v) is 1.18. The molecule has 4 N–H and O–H groups in total. The Morgan fingerprint density at radius 2 is 2.38 bits per heavy atom. The summed E-state index contributed by atoms with van der Waals surface area (Å²) in [6.45, 7) is 1.42. The number of hydroxylamine groups is 1. The Hall–Kier alpha value is -1.66. The van der Waals surface area contributed by atoms with Gasteiger partial charge in [-0.05, 0) is 13.0 Å². The molecular formula is C10H13FN2O3. The Labute approximate surface area is 92.0 Å². The maximum atomic E-state index is 12.7. The number of nitrogens with two attached hydrogens (primary N) is 1. The number of halogens is 1. The summed E-state index contributed by atoms with van der Waals surface area (Å²) >= 11 is 0. The van der Waals surface area contributed by atoms with Gasteiger partial charge in [-0.25, -0.2) is 4.39 Å². The van der Waals surface area contributed by atoms with Crippen molar-refractivity contribution in [1.29, 1.82) is 0 Å². The van der Waals surface area contributed by atoms with E-state index in [0.717, 1.165) is 6.07 Å². The van der Waals surface area contributed by atoms with Crippen LogP contribution in [-0.4, -0.2) is 17.6 Å². The number of amides is 1. The minimum atomic E-state index is -0.608. The fourth-order valence-electron chi connectivity index (χ4n) is 1.18. The van der Waals surface area contributed by atoms with E-state index in [-0.39, 0.29) is 18.4 Å². The Balaban J connectivity index is 2.58. The standard InChI is InChI=1S/C10H13FN2O3/c1-6(13-16-5-10(12)15)8-3-2-7(11)4-9(8)14/h2-4,6,13-14H,5H2,1H3,(H2,12,15). The predicted octanol–water partition coefficient (Wildman–Crippen LogP) is 0.599. The monoisotopic (exact) mass is 228 g/mol. The lowest BCUT2D eigenvalue weighted by Crippen LogP contribution is -2.26. The van der Waals surface area contributed by atoms with E-state index in [9.17, 15) is 14.3 Å². The average Bonchev–Trinajstić information content (AvgIpc) is 2.16. The van der Waals surface area contributed by atoms with Gasteiger partial charge in [-0.15, -0.1) is 0 Å². The fraction of sp³-hybridized carbons (Fsp3) is 0.300. The summed E-state index contributed by atoms with van der Waals surface area (Å²) in [7, 11) is 0. The number of phenols is 1. The molecule has 0 saturated heterocycles. The van der Waals surface area contributed by atoms with Crippen LogP contribution in [0.15, 0.2) is 18.2 Å². The summed E-state index contributed by atoms with van der Waals surface area (Å²) in [6.07, 6.45) is 0. The third-order valence-corrected chi connectivity index (χ3v) is 1.93. The highest BCUT2D eigenvalue weighted by atomic mass is 19.1. The summed E-state index contributed by atoms with van der Waals surface area (Å²) in [6, 6.07) is 3.26. The van der Waals surface area contributed by atoms with E-state index in [1.807, 2.05) is 0 Å². The number of hydrogen-bond acceptors (Lipinski definition) is 4. The average molecular weight is 228 g/mol. The third kappa shape index (κ3) is 3.48. The zero-order valence-electron chi connectivity index (χ0n) is 8.74. The highest BCUT2D eigenvalue weighted by Gasteiger charge is 2.11. The summed E-state index contributed by atoms with van der Waals surface area (Å²) in [5.41, 5.74) is 7.84. The van der Waals surface area contributed by atoms with Gasteiger partial charge in [0.05, 0.1) is 6.04 Å². The van der Waals surface area contributed by atoms with Crippen molar-refractivity contribution in [2.75, 3.05) is 6.61 Å². The van der Waals surface area contributed by atoms with Crippen molar-refractivity contribution >= 4 is 5.91 Å². The molecule has 1 amide bonds. The Bertz CT molecular complexity index is 384. The van der Waals surface area contributed by atoms with E-state index < -0.39 is 11.7 Å². The molecule has 1 aromatic rings. The second-order valence-corrected chi connectivity index (χ2v) is 3.30. The first-order valence-electron chi connectivity index (χ1n) is 4.64. The van der Waals surface area contributed by atoms with Crippen LogP contribution in [0.4, 0.5) is 4.39 Å². The van der Waals surface area contributed by atoms with Gasteiger partial charge in [0.25, 0.3) is 0 Å². The Kier molecular flexibility index (Phi) is 4.21. The number of rotatable bonds is 5. The SMILES string of the molecule is CC(NOCC(N)=O)c1ccc(F)cc1O. The molecule has 0 radical (unpaired) electrons. The molecule has 0 spiro atoms. The smallest absolute Gasteiger partial charge is 0.245 e. The lowest BCUT2D eigenvalue weighted by Gasteiger charge is -2.14. The molecule has 0 aliphatic rings. The van der Waals surface area contributed by atoms with E-state index in [1.54, 1.807) is 6.92 Å². The van der Waals surface area contributed by atoms with Gasteiger partial charge in [-0.1, -0.05) is 6.07 Å². The van der Waals surface area contributed by atoms with Crippen LogP contribution < -0.4 is 11.2 Å². The summed E-state index contributed by atoms with van der Waals surface area (Å²) in [5, 5.41) is 9.44. The lowest BCUT2D eigenvalue weighted by atomic mass is 10.1. The number of benzene rings is 1. The molecular weight excluding hydrogens is 215 g/mol. The number of carbonyl (C=O) groups excluding carboxylic acids is 1. The van der Waals surface area contributed by atoms with E-state index in [2.05, 4.69) is 5.48 Å². The van der Waals surface area contributed by atoms with Crippen LogP contribution in [0.1, 0.15) is 18.5 Å². The van der Waals surface area contributed by atoms with E-state index in [4.69, 9.17) is 10.6 Å². The highest BCUT2D eigenvalue weighted by molar-refractivity contribution is 5.74. The van der Waals surface area contributed by atoms with Gasteiger partial charge in [0.1, 0.15) is 18.2 Å². The van der Waals surface area contributed by atoms with Crippen LogP contribution >= 0.6 is 0 Å². The van der Waals surface area contributed by atoms with Gasteiger partial charge >= 0.3 is 0 Å². The molecule has 0 fully saturated rings. The van der Waals surface area contributed by atoms with Crippen molar-refractivity contribution in [2.45, 2.75) is 13.0 Å². The molecule has 1 aromatic carbocycles. The third-order valence-electron chi connectivity index (χ3n) is 1.93. The summed E-state index contributed by atoms with van der Waals surface area (Å²) in [4.78, 5) is 15.2. The molecule has 16 heavy (non-hydrogen) atoms. The Morgan fingerprint density at radius 1 is 1.69 bits per heavy atom. The molecule has 5 nitrogen and oxygen atoms in total. The molecule has 6 heteroatoms. The molecule has 0 heterocycles. The van der Waals surface area contributed by atoms with E-state index in [1.165, 1.54) is 12.1 Å². The maximum Gasteiger partial charge on any atom is 0.245 e. The first-order valence-corrected chi connectivity index (χ1v) is 4.64. The van der Waals surface area contributed by atoms with Gasteiger partial charge in [0, 0.05) is 11.6 Å². The van der Waals surface area contributed by atoms with Crippen molar-refractivity contribution in [1.82, 2.24) is 5.48 Å². The van der Waals surface area contributed by atoms with Crippen molar-refractivity contribution in [3.8, 4) is 5.75 Å². The van der Waals surface area contributed by atoms with Gasteiger partial charge in [0.15, 0.2) is 0 Å². The van der Waals surface area contributed by atoms with E-state index in [0.29, 0.717) is 5.56 Å². The second-order valence-electron chi connectivity index (χ2n) is 3.30. The summed E-state index contributed by atoms with van der Waals surface area (Å²) < 4.78 is 12.7. The highest BCUT2D eigenvalue weighted by Crippen LogP contribution is 2.24. The van der Waals surface area contributed by atoms with Gasteiger partial charge in [-0.3, -0.25) is 9.63 Å². The van der Waals surface area contributed by atoms with Gasteiger partial charge in [-0.2, -0.15) is 5.48 Å². The van der Waals surface area contributed by atoms with Crippen molar-refractivity contribution in [3.05, 3.63) is 29.6 Å². The number of hydrogen-bond donors (Lipinski definition) is 3. The Morgan fingerprint density at radius 3 is 2.94 bits per heavy atom. The van der Waals surface area contributed by atoms with Crippen LogP contribution in [0.5, 0.6) is 5.75 Å². The normalized spacial score (nSPS) is 12.4. The molecule has 88 valence electrons. The van der Waals surface area contributed by atoms with Crippen LogP contribution in [0.3, 0.4) is 0 Å². The zero-order chi connectivity index (χ0) is 12.1. The van der Waals surface area contributed by atoms with Crippen LogP contribution in [-0.2, 0) is 9.63 Å². The minimum absolute atomic E-state index is 0.178. The first-order chi connectivity index (χ1) is 7.50. The quantitative estimate of drug-likeness (QED) is 0.644. The number of carbonyl (C=O) groups is 1. The molecule has 1 unspecified atom stereocenters. The van der Waals surface area contributed by atoms with Gasteiger partial charge in [0.2, 0.25) is 5.91 Å². The second kappa shape index (κ2) is 5.43. The molecule has 0 aliphatic carbocycles. The largest absolute Gasteiger partial charge is 0.508 e. The number of aromatic hydroxyl groups is 1. The van der Waals surface area contributed by atoms with E-state index >= 15 is 0 Å². The van der Waals surface area contributed by atoms with Crippen molar-refractivity contribution in [3.63, 3.8) is 0 Å². The predicted molar refractivity (Wildman–Crippen MR) is 54.8 cm³/mol. The number of phenolic OH excluding ortho intramolecular Hbond substituents is 1. The van der Waals surface area contributed by atoms with Crippen molar-refractivity contribution in [2.24, 2.45) is 5.73 Å². The summed E-state index contributed by atoms with van der Waals surface area (Å²) in [5.74, 6) is -1.31. The maximum absolute atomic E-state index is 12.7. The molecule has 0 bridgehead atoms. The zero-order valence-corrected chi connectivity index (χ0v) is 8.74. The first kappa shape index (κ1) is 12.4. The molecule has 0 aliphatic heterocycles. The lowest BCUT2D eigenvalue weighted by molar-refractivity contribution is -0.126. The van der Waals surface area contributed by atoms with Crippen LogP contribution in [0.2, 0.25) is 0 Å². The molecule has 1 rings (SSSR count).